The van der Waals surface area contributed by atoms with Gasteiger partial charge in [-0.05, 0) is 59.6 Å². The summed E-state index contributed by atoms with van der Waals surface area (Å²) in [7, 11) is 0. The molecule has 1 nitrogen and oxygen atoms in total. The number of hydrogen-bond donors (Lipinski definition) is 0. The standard InChI is InChI=1S/C17H20OS/c1-2-9-18-16-8-7-13-5-6-14(11-15(13)12-16)17-4-3-10-19-17/h5-8,11-12,17H,2-4,9-10H2,1H3. The van der Waals surface area contributed by atoms with Crippen LogP contribution in [0.1, 0.15) is 37.0 Å². The molecule has 19 heavy (non-hydrogen) atoms. The summed E-state index contributed by atoms with van der Waals surface area (Å²) in [6.45, 7) is 2.93. The van der Waals surface area contributed by atoms with Gasteiger partial charge in [0.15, 0.2) is 0 Å². The van der Waals surface area contributed by atoms with Crippen LogP contribution < -0.4 is 4.74 Å². The van der Waals surface area contributed by atoms with Crippen LogP contribution in [0.4, 0.5) is 0 Å². The van der Waals surface area contributed by atoms with E-state index in [1.165, 1.54) is 34.9 Å². The highest BCUT2D eigenvalue weighted by molar-refractivity contribution is 7.99. The van der Waals surface area contributed by atoms with Crippen LogP contribution in [0.2, 0.25) is 0 Å². The number of rotatable bonds is 4. The van der Waals surface area contributed by atoms with Crippen molar-refractivity contribution in [3.05, 3.63) is 42.0 Å². The number of hydrogen-bond acceptors (Lipinski definition) is 2. The Bertz CT molecular complexity index is 558. The molecule has 1 aliphatic heterocycles. The van der Waals surface area contributed by atoms with Crippen molar-refractivity contribution in [2.24, 2.45) is 0 Å². The van der Waals surface area contributed by atoms with Crippen molar-refractivity contribution >= 4 is 22.5 Å². The molecule has 0 N–H and O–H groups in total. The molecule has 0 aliphatic carbocycles. The van der Waals surface area contributed by atoms with E-state index < -0.39 is 0 Å². The summed E-state index contributed by atoms with van der Waals surface area (Å²) in [5, 5.41) is 3.30. The van der Waals surface area contributed by atoms with Gasteiger partial charge in [0.2, 0.25) is 0 Å². The van der Waals surface area contributed by atoms with E-state index in [9.17, 15) is 0 Å². The van der Waals surface area contributed by atoms with E-state index >= 15 is 0 Å². The monoisotopic (exact) mass is 272 g/mol. The Labute approximate surface area is 119 Å². The van der Waals surface area contributed by atoms with E-state index in [1.807, 2.05) is 0 Å². The van der Waals surface area contributed by atoms with Gasteiger partial charge in [0, 0.05) is 5.25 Å². The Hall–Kier alpha value is -1.15. The quantitative estimate of drug-likeness (QED) is 0.757. The third kappa shape index (κ3) is 2.89. The Morgan fingerprint density at radius 2 is 2.05 bits per heavy atom. The largest absolute Gasteiger partial charge is 0.494 e. The van der Waals surface area contributed by atoms with E-state index in [1.54, 1.807) is 0 Å². The maximum Gasteiger partial charge on any atom is 0.119 e. The molecular formula is C17H20OS. The maximum atomic E-state index is 5.72. The first-order chi connectivity index (χ1) is 9.36. The number of thioether (sulfide) groups is 1. The van der Waals surface area contributed by atoms with Crippen molar-refractivity contribution in [2.45, 2.75) is 31.4 Å². The number of ether oxygens (including phenoxy) is 1. The molecule has 2 aromatic rings. The van der Waals surface area contributed by atoms with E-state index in [0.29, 0.717) is 5.25 Å². The minimum atomic E-state index is 0.699. The Morgan fingerprint density at radius 1 is 1.16 bits per heavy atom. The van der Waals surface area contributed by atoms with Crippen LogP contribution in [0.25, 0.3) is 10.8 Å². The van der Waals surface area contributed by atoms with Gasteiger partial charge < -0.3 is 4.74 Å². The average Bonchev–Trinajstić information content (AvgIpc) is 2.98. The van der Waals surface area contributed by atoms with Gasteiger partial charge in [-0.3, -0.25) is 0 Å². The lowest BCUT2D eigenvalue weighted by Gasteiger charge is -2.11. The number of benzene rings is 2. The van der Waals surface area contributed by atoms with Crippen molar-refractivity contribution in [3.8, 4) is 5.75 Å². The van der Waals surface area contributed by atoms with Crippen LogP contribution in [0, 0.1) is 0 Å². The summed E-state index contributed by atoms with van der Waals surface area (Å²) in [6, 6.07) is 13.3. The molecular weight excluding hydrogens is 252 g/mol. The third-order valence-corrected chi connectivity index (χ3v) is 5.04. The van der Waals surface area contributed by atoms with Gasteiger partial charge >= 0.3 is 0 Å². The predicted molar refractivity (Wildman–Crippen MR) is 84.2 cm³/mol. The summed E-state index contributed by atoms with van der Waals surface area (Å²) in [5.74, 6) is 2.30. The molecule has 1 aliphatic rings. The lowest BCUT2D eigenvalue weighted by molar-refractivity contribution is 0.318. The normalized spacial score (nSPS) is 18.9. The van der Waals surface area contributed by atoms with Crippen LogP contribution in [-0.2, 0) is 0 Å². The highest BCUT2D eigenvalue weighted by Crippen LogP contribution is 2.40. The SMILES string of the molecule is CCCOc1ccc2ccc(C3CCCS3)cc2c1. The zero-order valence-corrected chi connectivity index (χ0v) is 12.2. The Balaban J connectivity index is 1.90. The second-order valence-electron chi connectivity index (χ2n) is 5.12. The van der Waals surface area contributed by atoms with Crippen LogP contribution in [0.15, 0.2) is 36.4 Å². The molecule has 2 heteroatoms. The van der Waals surface area contributed by atoms with Crippen molar-refractivity contribution in [1.82, 2.24) is 0 Å². The highest BCUT2D eigenvalue weighted by Gasteiger charge is 2.17. The minimum Gasteiger partial charge on any atom is -0.494 e. The molecule has 0 radical (unpaired) electrons. The summed E-state index contributed by atoms with van der Waals surface area (Å²) >= 11 is 2.09. The van der Waals surface area contributed by atoms with Gasteiger partial charge in [-0.2, -0.15) is 11.8 Å². The second-order valence-corrected chi connectivity index (χ2v) is 6.43. The topological polar surface area (TPSA) is 9.23 Å². The van der Waals surface area contributed by atoms with Crippen LogP contribution in [0.3, 0.4) is 0 Å². The summed E-state index contributed by atoms with van der Waals surface area (Å²) in [4.78, 5) is 0. The molecule has 3 rings (SSSR count). The molecule has 100 valence electrons. The molecule has 1 heterocycles. The van der Waals surface area contributed by atoms with Gasteiger partial charge in [-0.25, -0.2) is 0 Å². The lowest BCUT2D eigenvalue weighted by atomic mass is 10.0. The minimum absolute atomic E-state index is 0.699. The summed E-state index contributed by atoms with van der Waals surface area (Å²) in [5.41, 5.74) is 1.47. The first kappa shape index (κ1) is 12.9. The van der Waals surface area contributed by atoms with Crippen molar-refractivity contribution in [1.29, 1.82) is 0 Å². The first-order valence-electron chi connectivity index (χ1n) is 7.15. The van der Waals surface area contributed by atoms with Crippen LogP contribution in [0.5, 0.6) is 5.75 Å². The van der Waals surface area contributed by atoms with Gasteiger partial charge in [0.05, 0.1) is 6.61 Å². The fourth-order valence-electron chi connectivity index (χ4n) is 2.59. The maximum absolute atomic E-state index is 5.72. The zero-order valence-electron chi connectivity index (χ0n) is 11.4. The van der Waals surface area contributed by atoms with Crippen molar-refractivity contribution in [2.75, 3.05) is 12.4 Å². The zero-order chi connectivity index (χ0) is 13.1. The number of fused-ring (bicyclic) bond motifs is 1. The first-order valence-corrected chi connectivity index (χ1v) is 8.20. The van der Waals surface area contributed by atoms with Gasteiger partial charge in [-0.15, -0.1) is 0 Å². The summed E-state index contributed by atoms with van der Waals surface area (Å²) in [6.07, 6.45) is 3.73. The molecule has 1 saturated heterocycles. The van der Waals surface area contributed by atoms with Crippen molar-refractivity contribution in [3.63, 3.8) is 0 Å². The molecule has 0 amide bonds. The lowest BCUT2D eigenvalue weighted by Crippen LogP contribution is -1.94. The van der Waals surface area contributed by atoms with Gasteiger partial charge in [0.25, 0.3) is 0 Å². The van der Waals surface area contributed by atoms with E-state index in [2.05, 4.69) is 55.1 Å². The predicted octanol–water partition coefficient (Wildman–Crippen LogP) is 5.20. The summed E-state index contributed by atoms with van der Waals surface area (Å²) < 4.78 is 5.72. The van der Waals surface area contributed by atoms with E-state index in [4.69, 9.17) is 4.74 Å². The molecule has 0 aromatic heterocycles. The van der Waals surface area contributed by atoms with E-state index in [0.717, 1.165) is 18.8 Å². The van der Waals surface area contributed by atoms with Gasteiger partial charge in [0.1, 0.15) is 5.75 Å². The molecule has 1 fully saturated rings. The molecule has 2 aromatic carbocycles. The fourth-order valence-corrected chi connectivity index (χ4v) is 3.88. The Morgan fingerprint density at radius 3 is 2.84 bits per heavy atom. The molecule has 0 saturated carbocycles. The molecule has 0 spiro atoms. The third-order valence-electron chi connectivity index (χ3n) is 3.61. The van der Waals surface area contributed by atoms with Gasteiger partial charge in [-0.1, -0.05) is 25.1 Å². The van der Waals surface area contributed by atoms with Crippen LogP contribution in [-0.4, -0.2) is 12.4 Å². The Kier molecular flexibility index (Phi) is 3.97. The molecule has 0 bridgehead atoms. The fraction of sp³-hybridized carbons (Fsp3) is 0.412. The average molecular weight is 272 g/mol. The highest BCUT2D eigenvalue weighted by atomic mass is 32.2. The van der Waals surface area contributed by atoms with Crippen molar-refractivity contribution < 1.29 is 4.74 Å². The molecule has 1 unspecified atom stereocenters. The molecule has 1 atom stereocenters. The van der Waals surface area contributed by atoms with Crippen LogP contribution >= 0.6 is 11.8 Å². The smallest absolute Gasteiger partial charge is 0.119 e. The second kappa shape index (κ2) is 5.87. The van der Waals surface area contributed by atoms with E-state index in [-0.39, 0.29) is 0 Å².